The summed E-state index contributed by atoms with van der Waals surface area (Å²) in [6, 6.07) is 21.9. The minimum absolute atomic E-state index is 0.0571. The van der Waals surface area contributed by atoms with E-state index >= 15 is 0 Å². The maximum atomic E-state index is 13.8. The predicted molar refractivity (Wildman–Crippen MR) is 111 cm³/mol. The van der Waals surface area contributed by atoms with Gasteiger partial charge in [0.2, 0.25) is 0 Å². The standard InChI is InChI=1S/C24H19FN2O2/c25-20-12-6-7-13-21(20)26-24(29)27-22-15-19(16-8-2-1-3-9-16)18-11-5-4-10-17(18)14-23(22)28/h1-13,15,22H,14H2,(H2,26,27,29)/t22-/m0/s1. The fraction of sp³-hybridized carbons (Fsp3) is 0.0833. The van der Waals surface area contributed by atoms with E-state index in [1.807, 2.05) is 54.6 Å². The molecule has 29 heavy (non-hydrogen) atoms. The first-order chi connectivity index (χ1) is 14.1. The number of urea groups is 1. The van der Waals surface area contributed by atoms with Crippen LogP contribution in [0.15, 0.2) is 84.9 Å². The molecule has 2 amide bonds. The fourth-order valence-electron chi connectivity index (χ4n) is 3.44. The van der Waals surface area contributed by atoms with Gasteiger partial charge in [-0.3, -0.25) is 4.79 Å². The van der Waals surface area contributed by atoms with Crippen LogP contribution in [-0.2, 0) is 11.2 Å². The van der Waals surface area contributed by atoms with Gasteiger partial charge in [0.15, 0.2) is 5.78 Å². The molecule has 5 heteroatoms. The first-order valence-corrected chi connectivity index (χ1v) is 9.32. The average molecular weight is 386 g/mol. The van der Waals surface area contributed by atoms with Gasteiger partial charge in [-0.05, 0) is 40.5 Å². The SMILES string of the molecule is O=C(Nc1ccccc1F)N[C@H]1C=C(c2ccccc2)c2ccccc2CC1=O. The highest BCUT2D eigenvalue weighted by molar-refractivity contribution is 6.00. The summed E-state index contributed by atoms with van der Waals surface area (Å²) in [7, 11) is 0. The number of hydrogen-bond donors (Lipinski definition) is 2. The topological polar surface area (TPSA) is 58.2 Å². The molecule has 0 saturated heterocycles. The van der Waals surface area contributed by atoms with Gasteiger partial charge in [-0.25, -0.2) is 9.18 Å². The normalized spacial score (nSPS) is 15.7. The van der Waals surface area contributed by atoms with Gasteiger partial charge in [-0.2, -0.15) is 0 Å². The van der Waals surface area contributed by atoms with Crippen molar-refractivity contribution in [2.24, 2.45) is 0 Å². The zero-order valence-electron chi connectivity index (χ0n) is 15.6. The molecule has 0 saturated carbocycles. The van der Waals surface area contributed by atoms with E-state index in [2.05, 4.69) is 10.6 Å². The van der Waals surface area contributed by atoms with Crippen molar-refractivity contribution < 1.29 is 14.0 Å². The molecular formula is C24H19FN2O2. The summed E-state index contributed by atoms with van der Waals surface area (Å²) >= 11 is 0. The third-order valence-electron chi connectivity index (χ3n) is 4.85. The van der Waals surface area contributed by atoms with Crippen LogP contribution < -0.4 is 10.6 Å². The fourth-order valence-corrected chi connectivity index (χ4v) is 3.44. The molecule has 4 nitrogen and oxygen atoms in total. The Morgan fingerprint density at radius 3 is 2.38 bits per heavy atom. The molecule has 0 fully saturated rings. The van der Waals surface area contributed by atoms with Gasteiger partial charge in [0, 0.05) is 6.42 Å². The first-order valence-electron chi connectivity index (χ1n) is 9.32. The second-order valence-corrected chi connectivity index (χ2v) is 6.80. The Morgan fingerprint density at radius 2 is 1.59 bits per heavy atom. The Balaban J connectivity index is 1.66. The van der Waals surface area contributed by atoms with E-state index in [0.29, 0.717) is 0 Å². The van der Waals surface area contributed by atoms with E-state index in [9.17, 15) is 14.0 Å². The average Bonchev–Trinajstić information content (AvgIpc) is 2.87. The zero-order chi connectivity index (χ0) is 20.2. The highest BCUT2D eigenvalue weighted by atomic mass is 19.1. The first kappa shape index (κ1) is 18.6. The number of para-hydroxylation sites is 1. The van der Waals surface area contributed by atoms with Gasteiger partial charge in [-0.1, -0.05) is 66.7 Å². The number of Topliss-reactive ketones (excluding diaryl/α,β-unsaturated/α-hetero) is 1. The number of hydrogen-bond acceptors (Lipinski definition) is 2. The Bertz CT molecular complexity index is 1090. The third-order valence-corrected chi connectivity index (χ3v) is 4.85. The molecule has 3 aromatic carbocycles. The molecule has 0 aromatic heterocycles. The number of anilines is 1. The number of benzene rings is 3. The second kappa shape index (κ2) is 8.10. The van der Waals surface area contributed by atoms with Crippen molar-refractivity contribution in [1.82, 2.24) is 5.32 Å². The number of rotatable bonds is 3. The molecule has 0 unspecified atom stereocenters. The lowest BCUT2D eigenvalue weighted by Gasteiger charge is -2.15. The van der Waals surface area contributed by atoms with Crippen molar-refractivity contribution in [3.63, 3.8) is 0 Å². The summed E-state index contributed by atoms with van der Waals surface area (Å²) in [5.74, 6) is -0.671. The number of halogens is 1. The van der Waals surface area contributed by atoms with Crippen molar-refractivity contribution in [2.45, 2.75) is 12.5 Å². The molecule has 1 aliphatic rings. The van der Waals surface area contributed by atoms with Crippen molar-refractivity contribution in [1.29, 1.82) is 0 Å². The third kappa shape index (κ3) is 4.09. The van der Waals surface area contributed by atoms with E-state index < -0.39 is 17.9 Å². The van der Waals surface area contributed by atoms with Crippen LogP contribution >= 0.6 is 0 Å². The molecule has 0 bridgehead atoms. The number of nitrogens with one attached hydrogen (secondary N) is 2. The second-order valence-electron chi connectivity index (χ2n) is 6.80. The van der Waals surface area contributed by atoms with Crippen LogP contribution in [0.25, 0.3) is 5.57 Å². The summed E-state index contributed by atoms with van der Waals surface area (Å²) in [5, 5.41) is 5.14. The molecular weight excluding hydrogens is 367 g/mol. The molecule has 4 rings (SSSR count). The van der Waals surface area contributed by atoms with Crippen LogP contribution in [0.1, 0.15) is 16.7 Å². The van der Waals surface area contributed by atoms with Crippen LogP contribution in [0.2, 0.25) is 0 Å². The van der Waals surface area contributed by atoms with E-state index in [0.717, 1.165) is 22.3 Å². The largest absolute Gasteiger partial charge is 0.324 e. The molecule has 144 valence electrons. The highest BCUT2D eigenvalue weighted by Gasteiger charge is 2.26. The van der Waals surface area contributed by atoms with Crippen molar-refractivity contribution in [3.8, 4) is 0 Å². The van der Waals surface area contributed by atoms with Crippen molar-refractivity contribution in [3.05, 3.63) is 107 Å². The number of ketones is 1. The zero-order valence-corrected chi connectivity index (χ0v) is 15.6. The molecule has 1 atom stereocenters. The van der Waals surface area contributed by atoms with Crippen LogP contribution in [0.3, 0.4) is 0 Å². The summed E-state index contributed by atoms with van der Waals surface area (Å²) in [6.07, 6.45) is 1.97. The molecule has 0 radical (unpaired) electrons. The van der Waals surface area contributed by atoms with Crippen molar-refractivity contribution in [2.75, 3.05) is 5.32 Å². The smallest absolute Gasteiger partial charge is 0.320 e. The van der Waals surface area contributed by atoms with Crippen LogP contribution in [-0.4, -0.2) is 17.9 Å². The van der Waals surface area contributed by atoms with E-state index in [1.54, 1.807) is 18.2 Å². The van der Waals surface area contributed by atoms with Gasteiger partial charge >= 0.3 is 6.03 Å². The summed E-state index contributed by atoms with van der Waals surface area (Å²) < 4.78 is 13.8. The number of amides is 2. The van der Waals surface area contributed by atoms with E-state index in [-0.39, 0.29) is 17.9 Å². The maximum absolute atomic E-state index is 13.8. The van der Waals surface area contributed by atoms with E-state index in [4.69, 9.17) is 0 Å². The Labute approximate surface area is 168 Å². The number of carbonyl (C=O) groups excluding carboxylic acids is 2. The Morgan fingerprint density at radius 1 is 0.897 bits per heavy atom. The molecule has 0 spiro atoms. The number of fused-ring (bicyclic) bond motifs is 1. The van der Waals surface area contributed by atoms with Gasteiger partial charge in [0.05, 0.1) is 5.69 Å². The van der Waals surface area contributed by atoms with Gasteiger partial charge < -0.3 is 10.6 Å². The van der Waals surface area contributed by atoms with Crippen LogP contribution in [0.4, 0.5) is 14.9 Å². The lowest BCUT2D eigenvalue weighted by molar-refractivity contribution is -0.119. The van der Waals surface area contributed by atoms with E-state index in [1.165, 1.54) is 12.1 Å². The monoisotopic (exact) mass is 386 g/mol. The van der Waals surface area contributed by atoms with Crippen LogP contribution in [0.5, 0.6) is 0 Å². The minimum Gasteiger partial charge on any atom is -0.324 e. The quantitative estimate of drug-likeness (QED) is 0.693. The lowest BCUT2D eigenvalue weighted by Crippen LogP contribution is -2.42. The molecule has 2 N–H and O–H groups in total. The van der Waals surface area contributed by atoms with Crippen LogP contribution in [0, 0.1) is 5.82 Å². The Kier molecular flexibility index (Phi) is 5.20. The molecule has 0 aliphatic heterocycles. The Hall–Kier alpha value is -3.73. The summed E-state index contributed by atoms with van der Waals surface area (Å²) in [6.45, 7) is 0. The van der Waals surface area contributed by atoms with Crippen molar-refractivity contribution >= 4 is 23.1 Å². The molecule has 3 aromatic rings. The number of carbonyl (C=O) groups is 2. The molecule has 1 aliphatic carbocycles. The summed E-state index contributed by atoms with van der Waals surface area (Å²) in [5.41, 5.74) is 3.76. The predicted octanol–water partition coefficient (Wildman–Crippen LogP) is 4.57. The van der Waals surface area contributed by atoms with Gasteiger partial charge in [0.1, 0.15) is 11.9 Å². The lowest BCUT2D eigenvalue weighted by atomic mass is 9.94. The van der Waals surface area contributed by atoms with Gasteiger partial charge in [-0.15, -0.1) is 0 Å². The summed E-state index contributed by atoms with van der Waals surface area (Å²) in [4.78, 5) is 25.3. The minimum atomic E-state index is -0.829. The van der Waals surface area contributed by atoms with Gasteiger partial charge in [0.25, 0.3) is 0 Å². The highest BCUT2D eigenvalue weighted by Crippen LogP contribution is 2.30. The molecule has 0 heterocycles. The maximum Gasteiger partial charge on any atom is 0.320 e.